The summed E-state index contributed by atoms with van der Waals surface area (Å²) in [5.41, 5.74) is 1.08. The average molecular weight is 326 g/mol. The number of rotatable bonds is 9. The summed E-state index contributed by atoms with van der Waals surface area (Å²) in [5.74, 6) is -0.0175. The van der Waals surface area contributed by atoms with E-state index in [1.807, 2.05) is 44.2 Å². The van der Waals surface area contributed by atoms with Crippen molar-refractivity contribution < 1.29 is 13.2 Å². The number of nitrogens with zero attached hydrogens (tertiary/aromatic N) is 2. The highest BCUT2D eigenvalue weighted by Crippen LogP contribution is 2.08. The normalized spacial score (nSPS) is 11.6. The summed E-state index contributed by atoms with van der Waals surface area (Å²) in [6.07, 6.45) is 2.14. The molecule has 0 fully saturated rings. The molecule has 124 valence electrons. The van der Waals surface area contributed by atoms with E-state index >= 15 is 0 Å². The zero-order valence-electron chi connectivity index (χ0n) is 13.7. The van der Waals surface area contributed by atoms with Gasteiger partial charge >= 0.3 is 0 Å². The van der Waals surface area contributed by atoms with Crippen molar-refractivity contribution in [3.8, 4) is 0 Å². The molecule has 6 heteroatoms. The molecule has 0 bridgehead atoms. The van der Waals surface area contributed by atoms with Gasteiger partial charge in [-0.05, 0) is 18.9 Å². The monoisotopic (exact) mass is 326 g/mol. The Kier molecular flexibility index (Phi) is 7.55. The lowest BCUT2D eigenvalue weighted by atomic mass is 10.2. The minimum absolute atomic E-state index is 0.0175. The Balaban J connectivity index is 2.61. The smallest absolute Gasteiger partial charge is 0.224 e. The zero-order valence-corrected chi connectivity index (χ0v) is 14.5. The van der Waals surface area contributed by atoms with Crippen molar-refractivity contribution in [2.45, 2.75) is 33.2 Å². The Bertz CT molecular complexity index is 558. The highest BCUT2D eigenvalue weighted by molar-refractivity contribution is 7.88. The van der Waals surface area contributed by atoms with Gasteiger partial charge in [0.05, 0.1) is 6.26 Å². The van der Waals surface area contributed by atoms with Gasteiger partial charge in [0.15, 0.2) is 0 Å². The van der Waals surface area contributed by atoms with Gasteiger partial charge in [-0.3, -0.25) is 4.79 Å². The first-order valence-electron chi connectivity index (χ1n) is 7.65. The van der Waals surface area contributed by atoms with Crippen molar-refractivity contribution >= 4 is 15.9 Å². The maximum atomic E-state index is 12.3. The van der Waals surface area contributed by atoms with Crippen LogP contribution in [0.5, 0.6) is 0 Å². The average Bonchev–Trinajstić information content (AvgIpc) is 2.48. The fraction of sp³-hybridized carbons (Fsp3) is 0.562. The molecule has 0 radical (unpaired) electrons. The molecule has 1 rings (SSSR count). The van der Waals surface area contributed by atoms with E-state index in [0.29, 0.717) is 19.6 Å². The summed E-state index contributed by atoms with van der Waals surface area (Å²) in [6, 6.07) is 9.79. The summed E-state index contributed by atoms with van der Waals surface area (Å²) in [4.78, 5) is 14.1. The Hall–Kier alpha value is -1.40. The molecular formula is C16H26N2O3S. The minimum atomic E-state index is -3.25. The minimum Gasteiger partial charge on any atom is -0.339 e. The lowest BCUT2D eigenvalue weighted by Gasteiger charge is -2.23. The standard InChI is InChI=1S/C16H26N2O3S/c1-4-12-18(22(3,20)21)13-11-16(19)17(5-2)14-15-9-7-6-8-10-15/h6-10H,4-5,11-14H2,1-3H3. The van der Waals surface area contributed by atoms with Crippen LogP contribution in [-0.4, -0.2) is 49.4 Å². The Labute approximate surface area is 134 Å². The molecule has 0 N–H and O–H groups in total. The van der Waals surface area contributed by atoms with Crippen LogP contribution in [0.1, 0.15) is 32.3 Å². The Morgan fingerprint density at radius 3 is 2.23 bits per heavy atom. The molecule has 0 spiro atoms. The maximum Gasteiger partial charge on any atom is 0.224 e. The molecule has 1 amide bonds. The van der Waals surface area contributed by atoms with E-state index in [1.165, 1.54) is 10.6 Å². The topological polar surface area (TPSA) is 57.7 Å². The highest BCUT2D eigenvalue weighted by Gasteiger charge is 2.19. The van der Waals surface area contributed by atoms with E-state index < -0.39 is 10.0 Å². The number of carbonyl (C=O) groups is 1. The van der Waals surface area contributed by atoms with E-state index in [9.17, 15) is 13.2 Å². The van der Waals surface area contributed by atoms with Gasteiger partial charge < -0.3 is 4.90 Å². The Morgan fingerprint density at radius 1 is 1.09 bits per heavy atom. The first-order valence-corrected chi connectivity index (χ1v) is 9.50. The van der Waals surface area contributed by atoms with Crippen LogP contribution < -0.4 is 0 Å². The van der Waals surface area contributed by atoms with Gasteiger partial charge in [-0.15, -0.1) is 0 Å². The summed E-state index contributed by atoms with van der Waals surface area (Å²) in [5, 5.41) is 0. The van der Waals surface area contributed by atoms with E-state index in [0.717, 1.165) is 12.0 Å². The van der Waals surface area contributed by atoms with Crippen molar-refractivity contribution in [3.05, 3.63) is 35.9 Å². The van der Waals surface area contributed by atoms with Gasteiger partial charge in [-0.25, -0.2) is 12.7 Å². The molecule has 0 aliphatic rings. The molecule has 22 heavy (non-hydrogen) atoms. The van der Waals surface area contributed by atoms with Crippen LogP contribution in [0, 0.1) is 0 Å². The summed E-state index contributed by atoms with van der Waals surface area (Å²) in [7, 11) is -3.25. The van der Waals surface area contributed by atoms with Gasteiger partial charge in [0.25, 0.3) is 0 Å². The third kappa shape index (κ3) is 6.15. The predicted octanol–water partition coefficient (Wildman–Crippen LogP) is 2.10. The second kappa shape index (κ2) is 8.90. The third-order valence-electron chi connectivity index (χ3n) is 3.47. The van der Waals surface area contributed by atoms with Crippen LogP contribution >= 0.6 is 0 Å². The molecule has 0 saturated heterocycles. The van der Waals surface area contributed by atoms with Crippen LogP contribution in [0.25, 0.3) is 0 Å². The van der Waals surface area contributed by atoms with Gasteiger partial charge in [0, 0.05) is 32.6 Å². The molecule has 1 aromatic carbocycles. The van der Waals surface area contributed by atoms with Crippen molar-refractivity contribution in [3.63, 3.8) is 0 Å². The van der Waals surface area contributed by atoms with Crippen LogP contribution in [0.4, 0.5) is 0 Å². The lowest BCUT2D eigenvalue weighted by Crippen LogP contribution is -2.36. The lowest BCUT2D eigenvalue weighted by molar-refractivity contribution is -0.131. The number of hydrogen-bond acceptors (Lipinski definition) is 3. The maximum absolute atomic E-state index is 12.3. The largest absolute Gasteiger partial charge is 0.339 e. The summed E-state index contributed by atoms with van der Waals surface area (Å²) < 4.78 is 24.7. The van der Waals surface area contributed by atoms with E-state index in [4.69, 9.17) is 0 Å². The number of benzene rings is 1. The Morgan fingerprint density at radius 2 is 1.73 bits per heavy atom. The molecule has 0 heterocycles. The fourth-order valence-corrected chi connectivity index (χ4v) is 3.19. The first kappa shape index (κ1) is 18.6. The quantitative estimate of drug-likeness (QED) is 0.698. The van der Waals surface area contributed by atoms with Crippen LogP contribution in [-0.2, 0) is 21.4 Å². The zero-order chi connectivity index (χ0) is 16.6. The van der Waals surface area contributed by atoms with E-state index in [1.54, 1.807) is 4.90 Å². The van der Waals surface area contributed by atoms with Gasteiger partial charge in [-0.1, -0.05) is 37.3 Å². The van der Waals surface area contributed by atoms with Gasteiger partial charge in [0.2, 0.25) is 15.9 Å². The number of hydrogen-bond donors (Lipinski definition) is 0. The molecule has 0 aliphatic heterocycles. The molecular weight excluding hydrogens is 300 g/mol. The van der Waals surface area contributed by atoms with E-state index in [2.05, 4.69) is 0 Å². The molecule has 1 aromatic rings. The second-order valence-corrected chi connectivity index (χ2v) is 7.29. The SMILES string of the molecule is CCCN(CCC(=O)N(CC)Cc1ccccc1)S(C)(=O)=O. The van der Waals surface area contributed by atoms with Gasteiger partial charge in [-0.2, -0.15) is 0 Å². The fourth-order valence-electron chi connectivity index (χ4n) is 2.25. The second-order valence-electron chi connectivity index (χ2n) is 5.31. The molecule has 0 aromatic heterocycles. The number of carbonyl (C=O) groups excluding carboxylic acids is 1. The van der Waals surface area contributed by atoms with Crippen LogP contribution in [0.3, 0.4) is 0 Å². The van der Waals surface area contributed by atoms with Crippen molar-refractivity contribution in [1.29, 1.82) is 0 Å². The van der Waals surface area contributed by atoms with Crippen LogP contribution in [0.15, 0.2) is 30.3 Å². The summed E-state index contributed by atoms with van der Waals surface area (Å²) in [6.45, 7) is 5.73. The predicted molar refractivity (Wildman–Crippen MR) is 88.9 cm³/mol. The van der Waals surface area contributed by atoms with Gasteiger partial charge in [0.1, 0.15) is 0 Å². The number of sulfonamides is 1. The third-order valence-corrected chi connectivity index (χ3v) is 4.77. The van der Waals surface area contributed by atoms with Crippen LogP contribution in [0.2, 0.25) is 0 Å². The number of amides is 1. The molecule has 0 unspecified atom stereocenters. The molecule has 5 nitrogen and oxygen atoms in total. The van der Waals surface area contributed by atoms with Crippen molar-refractivity contribution in [2.24, 2.45) is 0 Å². The molecule has 0 aliphatic carbocycles. The first-order chi connectivity index (χ1) is 10.4. The van der Waals surface area contributed by atoms with Crippen molar-refractivity contribution in [1.82, 2.24) is 9.21 Å². The van der Waals surface area contributed by atoms with E-state index in [-0.39, 0.29) is 18.9 Å². The van der Waals surface area contributed by atoms with Crippen molar-refractivity contribution in [2.75, 3.05) is 25.9 Å². The molecule has 0 saturated carbocycles. The molecule has 0 atom stereocenters. The highest BCUT2D eigenvalue weighted by atomic mass is 32.2. The summed E-state index contributed by atoms with van der Waals surface area (Å²) >= 11 is 0.